The van der Waals surface area contributed by atoms with E-state index in [0.29, 0.717) is 21.9 Å². The van der Waals surface area contributed by atoms with Crippen LogP contribution in [0.1, 0.15) is 31.4 Å². The third-order valence-electron chi connectivity index (χ3n) is 4.67. The van der Waals surface area contributed by atoms with E-state index in [-0.39, 0.29) is 23.0 Å². The van der Waals surface area contributed by atoms with E-state index in [0.717, 1.165) is 12.1 Å². The van der Waals surface area contributed by atoms with Crippen LogP contribution in [-0.2, 0) is 6.18 Å². The monoisotopic (exact) mass is 467 g/mol. The van der Waals surface area contributed by atoms with Crippen LogP contribution in [0.4, 0.5) is 18.9 Å². The van der Waals surface area contributed by atoms with Crippen molar-refractivity contribution in [3.63, 3.8) is 0 Å². The van der Waals surface area contributed by atoms with Gasteiger partial charge >= 0.3 is 6.18 Å². The van der Waals surface area contributed by atoms with Crippen LogP contribution in [0, 0.1) is 0 Å². The van der Waals surface area contributed by atoms with E-state index < -0.39 is 11.7 Å². The normalized spacial score (nSPS) is 11.6. The zero-order valence-corrected chi connectivity index (χ0v) is 17.7. The number of benzene rings is 2. The van der Waals surface area contributed by atoms with Crippen molar-refractivity contribution in [3.05, 3.63) is 106 Å². The molecular formula is C25H16F3NO3S. The number of rotatable bonds is 6. The van der Waals surface area contributed by atoms with Gasteiger partial charge in [-0.05, 0) is 72.1 Å². The largest absolute Gasteiger partial charge is 0.457 e. The summed E-state index contributed by atoms with van der Waals surface area (Å²) in [5.74, 6) is 0.0798. The molecule has 0 bridgehead atoms. The van der Waals surface area contributed by atoms with Crippen LogP contribution in [-0.4, -0.2) is 11.7 Å². The number of hydrogen-bond acceptors (Lipinski definition) is 4. The number of anilines is 1. The lowest BCUT2D eigenvalue weighted by molar-refractivity contribution is -0.137. The van der Waals surface area contributed by atoms with E-state index >= 15 is 0 Å². The lowest BCUT2D eigenvalue weighted by Crippen LogP contribution is -2.10. The van der Waals surface area contributed by atoms with Crippen LogP contribution in [0.5, 0.6) is 0 Å². The Morgan fingerprint density at radius 3 is 2.42 bits per heavy atom. The standard InChI is InChI=1S/C25H16F3NO3S/c26-25(27,28)18-4-1-3-17(15-18)22-13-11-20(32-22)10-12-21(30)16-6-8-19(9-7-16)29-24(31)23-5-2-14-33-23/h1-15H,(H,29,31)/b12-10+. The van der Waals surface area contributed by atoms with Crippen LogP contribution >= 0.6 is 11.3 Å². The number of halogens is 3. The number of alkyl halides is 3. The topological polar surface area (TPSA) is 59.3 Å². The van der Waals surface area contributed by atoms with Crippen molar-refractivity contribution in [2.45, 2.75) is 6.18 Å². The van der Waals surface area contributed by atoms with Gasteiger partial charge in [0.15, 0.2) is 5.78 Å². The molecule has 8 heteroatoms. The Bertz CT molecular complexity index is 1300. The fraction of sp³-hybridized carbons (Fsp3) is 0.0400. The molecule has 0 saturated carbocycles. The van der Waals surface area contributed by atoms with Crippen LogP contribution in [0.25, 0.3) is 17.4 Å². The highest BCUT2D eigenvalue weighted by Crippen LogP contribution is 2.32. The quantitative estimate of drug-likeness (QED) is 0.241. The Labute approximate surface area is 191 Å². The molecule has 1 amide bonds. The Morgan fingerprint density at radius 2 is 1.73 bits per heavy atom. The summed E-state index contributed by atoms with van der Waals surface area (Å²) in [5.41, 5.74) is 0.491. The van der Waals surface area contributed by atoms with Crippen molar-refractivity contribution in [1.82, 2.24) is 0 Å². The molecule has 0 saturated heterocycles. The van der Waals surface area contributed by atoms with Gasteiger partial charge in [0.05, 0.1) is 10.4 Å². The minimum atomic E-state index is -4.44. The fourth-order valence-corrected chi connectivity index (χ4v) is 3.64. The Kier molecular flexibility index (Phi) is 6.28. The molecule has 2 aromatic heterocycles. The molecule has 0 aliphatic heterocycles. The summed E-state index contributed by atoms with van der Waals surface area (Å²) in [7, 11) is 0. The van der Waals surface area contributed by atoms with Gasteiger partial charge in [0.1, 0.15) is 11.5 Å². The van der Waals surface area contributed by atoms with Gasteiger partial charge < -0.3 is 9.73 Å². The molecule has 0 unspecified atom stereocenters. The molecule has 0 fully saturated rings. The number of thiophene rings is 1. The minimum Gasteiger partial charge on any atom is -0.457 e. The molecule has 4 rings (SSSR count). The molecule has 33 heavy (non-hydrogen) atoms. The summed E-state index contributed by atoms with van der Waals surface area (Å²) in [4.78, 5) is 25.1. The lowest BCUT2D eigenvalue weighted by atomic mass is 10.1. The first-order valence-corrected chi connectivity index (χ1v) is 10.6. The van der Waals surface area contributed by atoms with Crippen LogP contribution in [0.3, 0.4) is 0 Å². The van der Waals surface area contributed by atoms with Gasteiger partial charge in [0.25, 0.3) is 5.91 Å². The van der Waals surface area contributed by atoms with E-state index in [1.54, 1.807) is 48.5 Å². The molecule has 4 nitrogen and oxygen atoms in total. The number of furan rings is 1. The smallest absolute Gasteiger partial charge is 0.416 e. The summed E-state index contributed by atoms with van der Waals surface area (Å²) in [6.45, 7) is 0. The molecule has 0 spiro atoms. The van der Waals surface area contributed by atoms with Crippen molar-refractivity contribution < 1.29 is 27.2 Å². The number of nitrogens with one attached hydrogen (secondary N) is 1. The molecular weight excluding hydrogens is 451 g/mol. The predicted octanol–water partition coefficient (Wildman–Crippen LogP) is 7.18. The molecule has 0 radical (unpaired) electrons. The molecule has 4 aromatic rings. The number of allylic oxidation sites excluding steroid dienone is 1. The first-order valence-electron chi connectivity index (χ1n) is 9.74. The SMILES string of the molecule is O=C(/C=C/c1ccc(-c2cccc(C(F)(F)F)c2)o1)c1ccc(NC(=O)c2cccs2)cc1. The second-order valence-corrected chi connectivity index (χ2v) is 7.93. The summed E-state index contributed by atoms with van der Waals surface area (Å²) < 4.78 is 44.3. The maximum absolute atomic E-state index is 12.9. The number of amides is 1. The molecule has 166 valence electrons. The summed E-state index contributed by atoms with van der Waals surface area (Å²) in [5, 5.41) is 4.57. The molecule has 2 heterocycles. The third-order valence-corrected chi connectivity index (χ3v) is 5.54. The zero-order valence-electron chi connectivity index (χ0n) is 16.9. The van der Waals surface area contributed by atoms with Gasteiger partial charge in [-0.2, -0.15) is 13.2 Å². The highest BCUT2D eigenvalue weighted by atomic mass is 32.1. The van der Waals surface area contributed by atoms with Gasteiger partial charge in [-0.1, -0.05) is 18.2 Å². The average Bonchev–Trinajstić information content (AvgIpc) is 3.50. The predicted molar refractivity (Wildman–Crippen MR) is 121 cm³/mol. The molecule has 0 aliphatic rings. The van der Waals surface area contributed by atoms with Crippen molar-refractivity contribution in [2.24, 2.45) is 0 Å². The van der Waals surface area contributed by atoms with E-state index in [1.807, 2.05) is 5.38 Å². The van der Waals surface area contributed by atoms with Crippen LogP contribution in [0.15, 0.2) is 88.7 Å². The van der Waals surface area contributed by atoms with Crippen molar-refractivity contribution in [1.29, 1.82) is 0 Å². The van der Waals surface area contributed by atoms with Gasteiger partial charge in [-0.15, -0.1) is 11.3 Å². The van der Waals surface area contributed by atoms with Crippen molar-refractivity contribution in [2.75, 3.05) is 5.32 Å². The third kappa shape index (κ3) is 5.48. The second kappa shape index (κ2) is 9.30. The van der Waals surface area contributed by atoms with Gasteiger partial charge in [0.2, 0.25) is 0 Å². The Balaban J connectivity index is 1.41. The highest BCUT2D eigenvalue weighted by molar-refractivity contribution is 7.12. The van der Waals surface area contributed by atoms with Crippen LogP contribution < -0.4 is 5.32 Å². The second-order valence-electron chi connectivity index (χ2n) is 6.99. The molecule has 0 aliphatic carbocycles. The number of hydrogen-bond donors (Lipinski definition) is 1. The van der Waals surface area contributed by atoms with Gasteiger partial charge in [-0.3, -0.25) is 9.59 Å². The summed E-state index contributed by atoms with van der Waals surface area (Å²) in [6.07, 6.45) is -1.68. The molecule has 2 aromatic carbocycles. The first kappa shape index (κ1) is 22.3. The average molecular weight is 467 g/mol. The summed E-state index contributed by atoms with van der Waals surface area (Å²) in [6, 6.07) is 17.9. The van der Waals surface area contributed by atoms with Crippen molar-refractivity contribution >= 4 is 34.8 Å². The first-order chi connectivity index (χ1) is 15.8. The van der Waals surface area contributed by atoms with E-state index in [2.05, 4.69) is 5.32 Å². The van der Waals surface area contributed by atoms with Gasteiger partial charge in [0, 0.05) is 16.8 Å². The van der Waals surface area contributed by atoms with Crippen molar-refractivity contribution in [3.8, 4) is 11.3 Å². The molecule has 1 N–H and O–H groups in total. The van der Waals surface area contributed by atoms with Gasteiger partial charge in [-0.25, -0.2) is 0 Å². The number of carbonyl (C=O) groups is 2. The number of carbonyl (C=O) groups excluding carboxylic acids is 2. The summed E-state index contributed by atoms with van der Waals surface area (Å²) >= 11 is 1.33. The molecule has 0 atom stereocenters. The van der Waals surface area contributed by atoms with E-state index in [9.17, 15) is 22.8 Å². The zero-order chi connectivity index (χ0) is 23.4. The fourth-order valence-electron chi connectivity index (χ4n) is 3.02. The van der Waals surface area contributed by atoms with E-state index in [4.69, 9.17) is 4.42 Å². The maximum Gasteiger partial charge on any atom is 0.416 e. The number of ketones is 1. The Morgan fingerprint density at radius 1 is 0.939 bits per heavy atom. The highest BCUT2D eigenvalue weighted by Gasteiger charge is 2.30. The Hall–Kier alpha value is -3.91. The van der Waals surface area contributed by atoms with Crippen LogP contribution in [0.2, 0.25) is 0 Å². The van der Waals surface area contributed by atoms with E-state index in [1.165, 1.54) is 35.6 Å². The lowest BCUT2D eigenvalue weighted by Gasteiger charge is -2.07. The minimum absolute atomic E-state index is 0.224. The maximum atomic E-state index is 12.9.